The highest BCUT2D eigenvalue weighted by Gasteiger charge is 2.21. The number of fused-ring (bicyclic) bond motifs is 1. The lowest BCUT2D eigenvalue weighted by atomic mass is 10.0. The van der Waals surface area contributed by atoms with Gasteiger partial charge in [-0.3, -0.25) is 0 Å². The van der Waals surface area contributed by atoms with Crippen LogP contribution in [0.3, 0.4) is 0 Å². The Hall–Kier alpha value is -1.35. The molecule has 1 fully saturated rings. The van der Waals surface area contributed by atoms with Gasteiger partial charge in [0.2, 0.25) is 0 Å². The number of hydrogen-bond donors (Lipinski definition) is 1. The van der Waals surface area contributed by atoms with E-state index in [1.165, 1.54) is 30.3 Å². The summed E-state index contributed by atoms with van der Waals surface area (Å²) in [6.45, 7) is 1.24. The lowest BCUT2D eigenvalue weighted by Gasteiger charge is -2.18. The Kier molecular flexibility index (Phi) is 2.40. The first-order valence-corrected chi connectivity index (χ1v) is 5.96. The van der Waals surface area contributed by atoms with Crippen LogP contribution in [0.2, 0.25) is 0 Å². The standard InChI is InChI=1S/C13H17N3/c1-16-7-3-4-11(16)8-10-9-15-13-12(10)5-2-6-14-13/h2,5-6,9,11H,3-4,7-8H2,1H3,(H,14,15). The van der Waals surface area contributed by atoms with Gasteiger partial charge in [-0.2, -0.15) is 0 Å². The molecule has 0 bridgehead atoms. The Morgan fingerprint density at radius 1 is 1.56 bits per heavy atom. The summed E-state index contributed by atoms with van der Waals surface area (Å²) in [7, 11) is 2.23. The van der Waals surface area contributed by atoms with Crippen molar-refractivity contribution >= 4 is 11.0 Å². The van der Waals surface area contributed by atoms with Gasteiger partial charge in [-0.05, 0) is 50.6 Å². The third-order valence-corrected chi connectivity index (χ3v) is 3.66. The van der Waals surface area contributed by atoms with Crippen LogP contribution >= 0.6 is 0 Å². The summed E-state index contributed by atoms with van der Waals surface area (Å²) in [4.78, 5) is 10.0. The van der Waals surface area contributed by atoms with E-state index < -0.39 is 0 Å². The summed E-state index contributed by atoms with van der Waals surface area (Å²) < 4.78 is 0. The number of likely N-dealkylation sites (N-methyl/N-ethyl adjacent to an activating group) is 1. The lowest BCUT2D eigenvalue weighted by Crippen LogP contribution is -2.26. The molecule has 16 heavy (non-hydrogen) atoms. The van der Waals surface area contributed by atoms with Crippen LogP contribution in [0.5, 0.6) is 0 Å². The van der Waals surface area contributed by atoms with Crippen LogP contribution in [0.1, 0.15) is 18.4 Å². The van der Waals surface area contributed by atoms with Gasteiger partial charge in [0.15, 0.2) is 0 Å². The molecule has 3 rings (SSSR count). The molecule has 0 amide bonds. The van der Waals surface area contributed by atoms with Crippen LogP contribution in [0, 0.1) is 0 Å². The molecule has 0 aliphatic carbocycles. The zero-order valence-corrected chi connectivity index (χ0v) is 9.61. The molecular formula is C13H17N3. The third kappa shape index (κ3) is 1.61. The number of nitrogens with one attached hydrogen (secondary N) is 1. The molecule has 1 N–H and O–H groups in total. The average molecular weight is 215 g/mol. The summed E-state index contributed by atoms with van der Waals surface area (Å²) in [5.74, 6) is 0. The van der Waals surface area contributed by atoms with Gasteiger partial charge >= 0.3 is 0 Å². The fourth-order valence-corrected chi connectivity index (χ4v) is 2.67. The van der Waals surface area contributed by atoms with E-state index in [9.17, 15) is 0 Å². The van der Waals surface area contributed by atoms with Crippen LogP contribution in [0.25, 0.3) is 11.0 Å². The Labute approximate surface area is 95.5 Å². The van der Waals surface area contributed by atoms with Crippen LogP contribution in [0.15, 0.2) is 24.5 Å². The second kappa shape index (κ2) is 3.91. The molecule has 3 heterocycles. The summed E-state index contributed by atoms with van der Waals surface area (Å²) in [5, 5.41) is 1.28. The van der Waals surface area contributed by atoms with Gasteiger partial charge in [0.05, 0.1) is 0 Å². The topological polar surface area (TPSA) is 31.9 Å². The van der Waals surface area contributed by atoms with E-state index in [-0.39, 0.29) is 0 Å². The molecular weight excluding hydrogens is 198 g/mol. The summed E-state index contributed by atoms with van der Waals surface area (Å²) in [5.41, 5.74) is 2.42. The summed E-state index contributed by atoms with van der Waals surface area (Å²) in [6.07, 6.45) is 7.75. The molecule has 2 aromatic rings. The minimum absolute atomic E-state index is 0.708. The first kappa shape index (κ1) is 9.85. The van der Waals surface area contributed by atoms with Gasteiger partial charge in [0.1, 0.15) is 5.65 Å². The molecule has 0 radical (unpaired) electrons. The first-order chi connectivity index (χ1) is 7.84. The van der Waals surface area contributed by atoms with Crippen molar-refractivity contribution in [3.05, 3.63) is 30.1 Å². The quantitative estimate of drug-likeness (QED) is 0.832. The molecule has 1 atom stereocenters. The van der Waals surface area contributed by atoms with Crippen molar-refractivity contribution in [1.82, 2.24) is 14.9 Å². The van der Waals surface area contributed by atoms with Crippen molar-refractivity contribution in [2.75, 3.05) is 13.6 Å². The summed E-state index contributed by atoms with van der Waals surface area (Å²) >= 11 is 0. The second-order valence-electron chi connectivity index (χ2n) is 4.69. The molecule has 84 valence electrons. The number of aromatic amines is 1. The minimum atomic E-state index is 0.708. The third-order valence-electron chi connectivity index (χ3n) is 3.66. The van der Waals surface area contributed by atoms with Gasteiger partial charge in [-0.1, -0.05) is 0 Å². The Morgan fingerprint density at radius 3 is 3.31 bits per heavy atom. The van der Waals surface area contributed by atoms with Crippen molar-refractivity contribution in [2.45, 2.75) is 25.3 Å². The Balaban J connectivity index is 1.89. The molecule has 3 heteroatoms. The van der Waals surface area contributed by atoms with Gasteiger partial charge in [-0.15, -0.1) is 0 Å². The van der Waals surface area contributed by atoms with E-state index in [1.807, 2.05) is 12.3 Å². The van der Waals surface area contributed by atoms with Crippen LogP contribution < -0.4 is 0 Å². The van der Waals surface area contributed by atoms with Crippen LogP contribution in [-0.4, -0.2) is 34.5 Å². The van der Waals surface area contributed by atoms with Crippen LogP contribution in [-0.2, 0) is 6.42 Å². The predicted molar refractivity (Wildman–Crippen MR) is 65.4 cm³/mol. The summed E-state index contributed by atoms with van der Waals surface area (Å²) in [6, 6.07) is 4.88. The largest absolute Gasteiger partial charge is 0.346 e. The van der Waals surface area contributed by atoms with Gasteiger partial charge in [-0.25, -0.2) is 4.98 Å². The maximum absolute atomic E-state index is 4.33. The fourth-order valence-electron chi connectivity index (χ4n) is 2.67. The van der Waals surface area contributed by atoms with Crippen molar-refractivity contribution < 1.29 is 0 Å². The van der Waals surface area contributed by atoms with E-state index in [2.05, 4.69) is 34.2 Å². The highest BCUT2D eigenvalue weighted by molar-refractivity contribution is 5.79. The lowest BCUT2D eigenvalue weighted by molar-refractivity contribution is 0.310. The van der Waals surface area contributed by atoms with Crippen molar-refractivity contribution in [1.29, 1.82) is 0 Å². The van der Waals surface area contributed by atoms with Gasteiger partial charge in [0.25, 0.3) is 0 Å². The Morgan fingerprint density at radius 2 is 2.50 bits per heavy atom. The molecule has 0 aromatic carbocycles. The van der Waals surface area contributed by atoms with E-state index in [0.717, 1.165) is 12.1 Å². The molecule has 3 nitrogen and oxygen atoms in total. The van der Waals surface area contributed by atoms with Gasteiger partial charge < -0.3 is 9.88 Å². The highest BCUT2D eigenvalue weighted by Crippen LogP contribution is 2.23. The predicted octanol–water partition coefficient (Wildman–Crippen LogP) is 2.20. The van der Waals surface area contributed by atoms with Crippen molar-refractivity contribution in [3.8, 4) is 0 Å². The first-order valence-electron chi connectivity index (χ1n) is 5.96. The second-order valence-corrected chi connectivity index (χ2v) is 4.69. The number of likely N-dealkylation sites (tertiary alicyclic amines) is 1. The molecule has 1 aliphatic rings. The number of nitrogens with zero attached hydrogens (tertiary/aromatic N) is 2. The normalized spacial score (nSPS) is 21.9. The molecule has 1 aliphatic heterocycles. The smallest absolute Gasteiger partial charge is 0.137 e. The fraction of sp³-hybridized carbons (Fsp3) is 0.462. The van der Waals surface area contributed by atoms with Crippen molar-refractivity contribution in [3.63, 3.8) is 0 Å². The van der Waals surface area contributed by atoms with Crippen molar-refractivity contribution in [2.24, 2.45) is 0 Å². The Bertz CT molecular complexity index is 489. The zero-order valence-electron chi connectivity index (χ0n) is 9.61. The highest BCUT2D eigenvalue weighted by atomic mass is 15.1. The number of hydrogen-bond acceptors (Lipinski definition) is 2. The number of H-pyrrole nitrogens is 1. The van der Waals surface area contributed by atoms with E-state index in [0.29, 0.717) is 6.04 Å². The zero-order chi connectivity index (χ0) is 11.0. The minimum Gasteiger partial charge on any atom is -0.346 e. The maximum atomic E-state index is 4.33. The molecule has 1 unspecified atom stereocenters. The van der Waals surface area contributed by atoms with Crippen LogP contribution in [0.4, 0.5) is 0 Å². The maximum Gasteiger partial charge on any atom is 0.137 e. The molecule has 2 aromatic heterocycles. The number of rotatable bonds is 2. The number of pyridine rings is 1. The van der Waals surface area contributed by atoms with E-state index in [4.69, 9.17) is 0 Å². The molecule has 1 saturated heterocycles. The van der Waals surface area contributed by atoms with E-state index in [1.54, 1.807) is 0 Å². The number of aromatic nitrogens is 2. The molecule has 0 saturated carbocycles. The van der Waals surface area contributed by atoms with Gasteiger partial charge in [0, 0.05) is 23.8 Å². The molecule has 0 spiro atoms. The average Bonchev–Trinajstić information content (AvgIpc) is 2.88. The SMILES string of the molecule is CN1CCCC1Cc1c[nH]c2ncccc12. The van der Waals surface area contributed by atoms with E-state index >= 15 is 0 Å². The monoisotopic (exact) mass is 215 g/mol.